The number of benzene rings is 1. The Morgan fingerprint density at radius 1 is 1.32 bits per heavy atom. The van der Waals surface area contributed by atoms with E-state index in [0.29, 0.717) is 28.1 Å². The number of carbonyl (C=O) groups excluding carboxylic acids is 2. The molecule has 2 amide bonds. The molecule has 0 aromatic heterocycles. The van der Waals surface area contributed by atoms with Crippen LogP contribution in [0.15, 0.2) is 18.2 Å². The first kappa shape index (κ1) is 16.8. The second-order valence-corrected chi connectivity index (χ2v) is 6.53. The Balaban J connectivity index is 2.27. The number of nitrogens with two attached hydrogens (primary N) is 1. The standard InChI is InChI=1S/C16H22ClN3O2/c1-10-5-11(2)9-20(8-10)16(22)13-6-12(17)3-4-14(13)19-15(21)7-18/h3-4,6,10-11H,5,7-9,18H2,1-2H3,(H,19,21)/t10-,11+. The van der Waals surface area contributed by atoms with Crippen molar-refractivity contribution >= 4 is 29.1 Å². The zero-order valence-electron chi connectivity index (χ0n) is 12.9. The van der Waals surface area contributed by atoms with Crippen molar-refractivity contribution < 1.29 is 9.59 Å². The van der Waals surface area contributed by atoms with Gasteiger partial charge in [-0.1, -0.05) is 25.4 Å². The second kappa shape index (κ2) is 7.11. The van der Waals surface area contributed by atoms with Gasteiger partial charge in [-0.05, 0) is 36.5 Å². The molecule has 1 aromatic carbocycles. The SMILES string of the molecule is C[C@@H]1C[C@H](C)CN(C(=O)c2cc(Cl)ccc2NC(=O)CN)C1. The van der Waals surface area contributed by atoms with Crippen molar-refractivity contribution in [3.8, 4) is 0 Å². The summed E-state index contributed by atoms with van der Waals surface area (Å²) >= 11 is 6.02. The average molecular weight is 324 g/mol. The summed E-state index contributed by atoms with van der Waals surface area (Å²) in [5, 5.41) is 3.12. The van der Waals surface area contributed by atoms with E-state index < -0.39 is 0 Å². The van der Waals surface area contributed by atoms with Crippen LogP contribution in [0.2, 0.25) is 5.02 Å². The fraction of sp³-hybridized carbons (Fsp3) is 0.500. The molecule has 5 nitrogen and oxygen atoms in total. The zero-order chi connectivity index (χ0) is 16.3. The molecule has 3 N–H and O–H groups in total. The van der Waals surface area contributed by atoms with Crippen molar-refractivity contribution in [3.63, 3.8) is 0 Å². The van der Waals surface area contributed by atoms with Gasteiger partial charge in [0.05, 0.1) is 17.8 Å². The van der Waals surface area contributed by atoms with Gasteiger partial charge >= 0.3 is 0 Å². The minimum absolute atomic E-state index is 0.103. The molecule has 0 radical (unpaired) electrons. The Kier molecular flexibility index (Phi) is 5.42. The molecule has 1 saturated heterocycles. The van der Waals surface area contributed by atoms with Gasteiger partial charge in [-0.25, -0.2) is 0 Å². The third-order valence-electron chi connectivity index (χ3n) is 3.83. The van der Waals surface area contributed by atoms with E-state index in [9.17, 15) is 9.59 Å². The number of likely N-dealkylation sites (tertiary alicyclic amines) is 1. The first-order chi connectivity index (χ1) is 10.4. The molecule has 0 unspecified atom stereocenters. The van der Waals surface area contributed by atoms with Crippen LogP contribution in [0.1, 0.15) is 30.6 Å². The number of carbonyl (C=O) groups is 2. The number of amides is 2. The van der Waals surface area contributed by atoms with Crippen molar-refractivity contribution in [2.75, 3.05) is 25.0 Å². The predicted octanol–water partition coefficient (Wildman–Crippen LogP) is 2.36. The highest BCUT2D eigenvalue weighted by Gasteiger charge is 2.27. The molecule has 0 spiro atoms. The summed E-state index contributed by atoms with van der Waals surface area (Å²) in [6.45, 7) is 5.60. The van der Waals surface area contributed by atoms with Gasteiger partial charge in [-0.15, -0.1) is 0 Å². The molecule has 6 heteroatoms. The summed E-state index contributed by atoms with van der Waals surface area (Å²) in [5.41, 5.74) is 6.19. The lowest BCUT2D eigenvalue weighted by Gasteiger charge is -2.35. The summed E-state index contributed by atoms with van der Waals surface area (Å²) in [5.74, 6) is 0.493. The van der Waals surface area contributed by atoms with E-state index in [0.717, 1.165) is 19.5 Å². The highest BCUT2D eigenvalue weighted by Crippen LogP contribution is 2.26. The Morgan fingerprint density at radius 2 is 1.95 bits per heavy atom. The number of piperidine rings is 1. The fourth-order valence-electron chi connectivity index (χ4n) is 3.00. The molecule has 2 rings (SSSR count). The van der Waals surface area contributed by atoms with E-state index in [-0.39, 0.29) is 18.4 Å². The van der Waals surface area contributed by atoms with Crippen LogP contribution in [0.5, 0.6) is 0 Å². The maximum Gasteiger partial charge on any atom is 0.256 e. The molecule has 0 aliphatic carbocycles. The molecular formula is C16H22ClN3O2. The second-order valence-electron chi connectivity index (χ2n) is 6.10. The number of halogens is 1. The molecule has 0 saturated carbocycles. The van der Waals surface area contributed by atoms with E-state index in [2.05, 4.69) is 19.2 Å². The molecule has 120 valence electrons. The minimum atomic E-state index is -0.336. The van der Waals surface area contributed by atoms with Crippen LogP contribution in [0.4, 0.5) is 5.69 Å². The van der Waals surface area contributed by atoms with Crippen LogP contribution in [0, 0.1) is 11.8 Å². The van der Waals surface area contributed by atoms with E-state index in [4.69, 9.17) is 17.3 Å². The molecule has 1 aliphatic rings. The van der Waals surface area contributed by atoms with Crippen molar-refractivity contribution in [3.05, 3.63) is 28.8 Å². The first-order valence-electron chi connectivity index (χ1n) is 7.49. The van der Waals surface area contributed by atoms with Crippen LogP contribution in [0.3, 0.4) is 0 Å². The fourth-order valence-corrected chi connectivity index (χ4v) is 3.17. The summed E-state index contributed by atoms with van der Waals surface area (Å²) in [6, 6.07) is 4.88. The van der Waals surface area contributed by atoms with Crippen molar-refractivity contribution in [2.24, 2.45) is 17.6 Å². The van der Waals surface area contributed by atoms with Crippen LogP contribution in [0.25, 0.3) is 0 Å². The third-order valence-corrected chi connectivity index (χ3v) is 4.06. The molecule has 1 aromatic rings. The normalized spacial score (nSPS) is 21.5. The summed E-state index contributed by atoms with van der Waals surface area (Å²) in [7, 11) is 0. The van der Waals surface area contributed by atoms with Crippen LogP contribution in [-0.4, -0.2) is 36.3 Å². The molecule has 1 heterocycles. The van der Waals surface area contributed by atoms with Gasteiger partial charge in [0.15, 0.2) is 0 Å². The van der Waals surface area contributed by atoms with Gasteiger partial charge in [0.2, 0.25) is 5.91 Å². The number of rotatable bonds is 3. The number of nitrogens with one attached hydrogen (secondary N) is 1. The summed E-state index contributed by atoms with van der Waals surface area (Å²) in [6.07, 6.45) is 1.12. The molecule has 1 aliphatic heterocycles. The smallest absolute Gasteiger partial charge is 0.256 e. The number of anilines is 1. The Hall–Kier alpha value is -1.59. The van der Waals surface area contributed by atoms with E-state index in [1.54, 1.807) is 18.2 Å². The number of hydrogen-bond donors (Lipinski definition) is 2. The van der Waals surface area contributed by atoms with Crippen LogP contribution in [-0.2, 0) is 4.79 Å². The highest BCUT2D eigenvalue weighted by atomic mass is 35.5. The minimum Gasteiger partial charge on any atom is -0.338 e. The molecular weight excluding hydrogens is 302 g/mol. The lowest BCUT2D eigenvalue weighted by atomic mass is 9.91. The van der Waals surface area contributed by atoms with Crippen molar-refractivity contribution in [1.82, 2.24) is 4.90 Å². The van der Waals surface area contributed by atoms with Gasteiger partial charge < -0.3 is 16.0 Å². The lowest BCUT2D eigenvalue weighted by Crippen LogP contribution is -2.42. The monoisotopic (exact) mass is 323 g/mol. The van der Waals surface area contributed by atoms with E-state index >= 15 is 0 Å². The quantitative estimate of drug-likeness (QED) is 0.896. The molecule has 1 fully saturated rings. The van der Waals surface area contributed by atoms with Crippen molar-refractivity contribution in [1.29, 1.82) is 0 Å². The van der Waals surface area contributed by atoms with Crippen LogP contribution >= 0.6 is 11.6 Å². The van der Waals surface area contributed by atoms with Gasteiger partial charge in [-0.3, -0.25) is 9.59 Å². The Bertz CT molecular complexity index is 567. The average Bonchev–Trinajstić information content (AvgIpc) is 2.47. The zero-order valence-corrected chi connectivity index (χ0v) is 13.7. The molecule has 2 atom stereocenters. The largest absolute Gasteiger partial charge is 0.338 e. The molecule has 0 bridgehead atoms. The van der Waals surface area contributed by atoms with E-state index in [1.165, 1.54) is 0 Å². The van der Waals surface area contributed by atoms with Gasteiger partial charge in [-0.2, -0.15) is 0 Å². The predicted molar refractivity (Wildman–Crippen MR) is 88.0 cm³/mol. The number of hydrogen-bond acceptors (Lipinski definition) is 3. The number of nitrogens with zero attached hydrogens (tertiary/aromatic N) is 1. The van der Waals surface area contributed by atoms with Crippen molar-refractivity contribution in [2.45, 2.75) is 20.3 Å². The first-order valence-corrected chi connectivity index (χ1v) is 7.87. The molecule has 22 heavy (non-hydrogen) atoms. The van der Waals surface area contributed by atoms with Gasteiger partial charge in [0, 0.05) is 18.1 Å². The Labute approximate surface area is 135 Å². The lowest BCUT2D eigenvalue weighted by molar-refractivity contribution is -0.114. The highest BCUT2D eigenvalue weighted by molar-refractivity contribution is 6.31. The Morgan fingerprint density at radius 3 is 2.55 bits per heavy atom. The summed E-state index contributed by atoms with van der Waals surface area (Å²) in [4.78, 5) is 26.2. The van der Waals surface area contributed by atoms with Gasteiger partial charge in [0.25, 0.3) is 5.91 Å². The maximum atomic E-state index is 12.8. The van der Waals surface area contributed by atoms with E-state index in [1.807, 2.05) is 4.90 Å². The van der Waals surface area contributed by atoms with Crippen LogP contribution < -0.4 is 11.1 Å². The topological polar surface area (TPSA) is 75.4 Å². The maximum absolute atomic E-state index is 12.8. The third kappa shape index (κ3) is 3.99. The summed E-state index contributed by atoms with van der Waals surface area (Å²) < 4.78 is 0. The van der Waals surface area contributed by atoms with Gasteiger partial charge in [0.1, 0.15) is 0 Å².